The molecule has 1 N–H and O–H groups in total. The Bertz CT molecular complexity index is 372. The fraction of sp³-hybridized carbons (Fsp3) is 0.417. The number of carboxylic acids is 1. The zero-order valence-electron chi connectivity index (χ0n) is 8.48. The first-order chi connectivity index (χ1) is 7.09. The number of carbonyl (C=O) groups is 1. The molecule has 0 amide bonds. The van der Waals surface area contributed by atoms with Crippen LogP contribution in [0.25, 0.3) is 0 Å². The molecule has 2 rings (SSSR count). The monoisotopic (exact) mass is 208 g/mol. The van der Waals surface area contributed by atoms with Crippen molar-refractivity contribution in [3.8, 4) is 0 Å². The van der Waals surface area contributed by atoms with Crippen LogP contribution in [0.4, 0.5) is 4.39 Å². The standard InChI is InChI=1S/C12H13FO2/c1-7(10-6-11(10)12(14)15)8-2-4-9(13)5-3-8/h2-5,7,10-11H,6H2,1H3,(H,14,15)/t7?,10-,11+/m0/s1. The average molecular weight is 208 g/mol. The summed E-state index contributed by atoms with van der Waals surface area (Å²) < 4.78 is 12.7. The maximum absolute atomic E-state index is 12.7. The van der Waals surface area contributed by atoms with E-state index in [9.17, 15) is 9.18 Å². The molecule has 0 aromatic heterocycles. The molecular formula is C12H13FO2. The average Bonchev–Trinajstić information content (AvgIpc) is 2.97. The summed E-state index contributed by atoms with van der Waals surface area (Å²) >= 11 is 0. The van der Waals surface area contributed by atoms with E-state index < -0.39 is 5.97 Å². The normalized spacial score (nSPS) is 26.0. The molecule has 0 saturated heterocycles. The van der Waals surface area contributed by atoms with E-state index in [1.54, 1.807) is 12.1 Å². The van der Waals surface area contributed by atoms with Gasteiger partial charge in [0.1, 0.15) is 5.82 Å². The molecule has 1 aromatic rings. The van der Waals surface area contributed by atoms with Crippen LogP contribution in [-0.4, -0.2) is 11.1 Å². The van der Waals surface area contributed by atoms with Gasteiger partial charge in [0, 0.05) is 0 Å². The second-order valence-electron chi connectivity index (χ2n) is 4.18. The molecule has 0 spiro atoms. The lowest BCUT2D eigenvalue weighted by molar-refractivity contribution is -0.138. The molecule has 1 aromatic carbocycles. The Morgan fingerprint density at radius 3 is 2.53 bits per heavy atom. The van der Waals surface area contributed by atoms with Crippen molar-refractivity contribution in [2.45, 2.75) is 19.3 Å². The molecular weight excluding hydrogens is 195 g/mol. The van der Waals surface area contributed by atoms with Crippen molar-refractivity contribution in [1.29, 1.82) is 0 Å². The number of rotatable bonds is 3. The first-order valence-electron chi connectivity index (χ1n) is 5.08. The van der Waals surface area contributed by atoms with Crippen LogP contribution >= 0.6 is 0 Å². The summed E-state index contributed by atoms with van der Waals surface area (Å²) in [5.74, 6) is -0.754. The van der Waals surface area contributed by atoms with E-state index in [1.807, 2.05) is 6.92 Å². The van der Waals surface area contributed by atoms with Gasteiger partial charge in [0.05, 0.1) is 5.92 Å². The summed E-state index contributed by atoms with van der Waals surface area (Å²) in [6.45, 7) is 2.00. The Morgan fingerprint density at radius 1 is 1.47 bits per heavy atom. The van der Waals surface area contributed by atoms with Crippen molar-refractivity contribution in [3.05, 3.63) is 35.6 Å². The van der Waals surface area contributed by atoms with Gasteiger partial charge in [-0.2, -0.15) is 0 Å². The molecule has 1 aliphatic rings. The van der Waals surface area contributed by atoms with Crippen molar-refractivity contribution < 1.29 is 14.3 Å². The second kappa shape index (κ2) is 3.65. The Hall–Kier alpha value is -1.38. The van der Waals surface area contributed by atoms with Gasteiger partial charge < -0.3 is 5.11 Å². The van der Waals surface area contributed by atoms with Gasteiger partial charge in [-0.25, -0.2) is 4.39 Å². The van der Waals surface area contributed by atoms with E-state index in [0.29, 0.717) is 0 Å². The third kappa shape index (κ3) is 2.01. The first-order valence-corrected chi connectivity index (χ1v) is 5.08. The Labute approximate surface area is 87.7 Å². The van der Waals surface area contributed by atoms with E-state index >= 15 is 0 Å². The smallest absolute Gasteiger partial charge is 0.306 e. The van der Waals surface area contributed by atoms with Crippen molar-refractivity contribution in [3.63, 3.8) is 0 Å². The molecule has 0 aliphatic heterocycles. The molecule has 80 valence electrons. The zero-order valence-corrected chi connectivity index (χ0v) is 8.48. The molecule has 2 nitrogen and oxygen atoms in total. The van der Waals surface area contributed by atoms with Crippen LogP contribution in [0.15, 0.2) is 24.3 Å². The Balaban J connectivity index is 2.06. The van der Waals surface area contributed by atoms with Gasteiger partial charge in [-0.3, -0.25) is 4.79 Å². The van der Waals surface area contributed by atoms with Gasteiger partial charge >= 0.3 is 5.97 Å². The fourth-order valence-electron chi connectivity index (χ4n) is 2.06. The molecule has 1 unspecified atom stereocenters. The van der Waals surface area contributed by atoms with Gasteiger partial charge in [-0.15, -0.1) is 0 Å². The number of halogens is 1. The lowest BCUT2D eigenvalue weighted by Gasteiger charge is -2.10. The van der Waals surface area contributed by atoms with E-state index in [0.717, 1.165) is 12.0 Å². The molecule has 15 heavy (non-hydrogen) atoms. The SMILES string of the molecule is CC(c1ccc(F)cc1)[C@@H]1C[C@H]1C(=O)O. The van der Waals surface area contributed by atoms with Crippen molar-refractivity contribution in [1.82, 2.24) is 0 Å². The molecule has 0 radical (unpaired) electrons. The van der Waals surface area contributed by atoms with Crippen molar-refractivity contribution in [2.24, 2.45) is 11.8 Å². The molecule has 0 bridgehead atoms. The number of benzene rings is 1. The first kappa shape index (κ1) is 10.1. The molecule has 1 aliphatic carbocycles. The van der Waals surface area contributed by atoms with Crippen LogP contribution in [0.5, 0.6) is 0 Å². The largest absolute Gasteiger partial charge is 0.481 e. The molecule has 3 heteroatoms. The summed E-state index contributed by atoms with van der Waals surface area (Å²) in [6, 6.07) is 6.31. The number of hydrogen-bond acceptors (Lipinski definition) is 1. The van der Waals surface area contributed by atoms with E-state index in [2.05, 4.69) is 0 Å². The van der Waals surface area contributed by atoms with Crippen molar-refractivity contribution >= 4 is 5.97 Å². The van der Waals surface area contributed by atoms with E-state index in [-0.39, 0.29) is 23.6 Å². The summed E-state index contributed by atoms with van der Waals surface area (Å²) in [6.07, 6.45) is 0.744. The fourth-order valence-corrected chi connectivity index (χ4v) is 2.06. The zero-order chi connectivity index (χ0) is 11.0. The Morgan fingerprint density at radius 2 is 2.07 bits per heavy atom. The van der Waals surface area contributed by atoms with Crippen LogP contribution in [0.2, 0.25) is 0 Å². The lowest BCUT2D eigenvalue weighted by Crippen LogP contribution is -2.04. The van der Waals surface area contributed by atoms with Crippen molar-refractivity contribution in [2.75, 3.05) is 0 Å². The van der Waals surface area contributed by atoms with Crippen LogP contribution in [0.1, 0.15) is 24.8 Å². The third-order valence-electron chi connectivity index (χ3n) is 3.20. The minimum Gasteiger partial charge on any atom is -0.481 e. The van der Waals surface area contributed by atoms with Crippen LogP contribution in [0.3, 0.4) is 0 Å². The van der Waals surface area contributed by atoms with E-state index in [4.69, 9.17) is 5.11 Å². The Kier molecular flexibility index (Phi) is 2.47. The maximum Gasteiger partial charge on any atom is 0.306 e. The molecule has 1 saturated carbocycles. The molecule has 1 fully saturated rings. The highest BCUT2D eigenvalue weighted by Gasteiger charge is 2.46. The molecule has 0 heterocycles. The van der Waals surface area contributed by atoms with Crippen LogP contribution in [0, 0.1) is 17.7 Å². The minimum absolute atomic E-state index is 0.201. The summed E-state index contributed by atoms with van der Waals surface area (Å²) in [4.78, 5) is 10.7. The summed E-state index contributed by atoms with van der Waals surface area (Å²) in [5, 5.41) is 8.80. The van der Waals surface area contributed by atoms with Gasteiger partial charge in [0.15, 0.2) is 0 Å². The number of carboxylic acid groups (broad SMARTS) is 1. The van der Waals surface area contributed by atoms with Gasteiger partial charge in [-0.05, 0) is 36.0 Å². The van der Waals surface area contributed by atoms with E-state index in [1.165, 1.54) is 12.1 Å². The highest BCUT2D eigenvalue weighted by Crippen LogP contribution is 2.48. The predicted octanol–water partition coefficient (Wildman–Crippen LogP) is 2.65. The molecule has 3 atom stereocenters. The summed E-state index contributed by atoms with van der Waals surface area (Å²) in [5.41, 5.74) is 1.02. The number of aliphatic carboxylic acids is 1. The highest BCUT2D eigenvalue weighted by molar-refractivity contribution is 5.73. The quantitative estimate of drug-likeness (QED) is 0.829. The van der Waals surface area contributed by atoms with Gasteiger partial charge in [0.2, 0.25) is 0 Å². The third-order valence-corrected chi connectivity index (χ3v) is 3.20. The van der Waals surface area contributed by atoms with Gasteiger partial charge in [-0.1, -0.05) is 19.1 Å². The summed E-state index contributed by atoms with van der Waals surface area (Å²) in [7, 11) is 0. The van der Waals surface area contributed by atoms with Crippen LogP contribution in [-0.2, 0) is 4.79 Å². The topological polar surface area (TPSA) is 37.3 Å². The number of hydrogen-bond donors (Lipinski definition) is 1. The lowest BCUT2D eigenvalue weighted by atomic mass is 9.95. The van der Waals surface area contributed by atoms with Gasteiger partial charge in [0.25, 0.3) is 0 Å². The van der Waals surface area contributed by atoms with Crippen LogP contribution < -0.4 is 0 Å². The highest BCUT2D eigenvalue weighted by atomic mass is 19.1. The minimum atomic E-state index is -0.714. The maximum atomic E-state index is 12.7. The predicted molar refractivity (Wildman–Crippen MR) is 54.0 cm³/mol. The second-order valence-corrected chi connectivity index (χ2v) is 4.18.